The van der Waals surface area contributed by atoms with E-state index in [-0.39, 0.29) is 18.2 Å². The first-order valence-electron chi connectivity index (χ1n) is 6.15. The summed E-state index contributed by atoms with van der Waals surface area (Å²) in [5, 5.41) is 5.74. The van der Waals surface area contributed by atoms with Crippen LogP contribution < -0.4 is 15.4 Å². The molecule has 1 aromatic carbocycles. The average Bonchev–Trinajstić information content (AvgIpc) is 2.90. The number of hydrogen-bond donors (Lipinski definition) is 2. The Morgan fingerprint density at radius 1 is 1.44 bits per heavy atom. The van der Waals surface area contributed by atoms with Crippen molar-refractivity contribution in [3.8, 4) is 5.75 Å². The van der Waals surface area contributed by atoms with Gasteiger partial charge in [-0.05, 0) is 18.9 Å². The van der Waals surface area contributed by atoms with Crippen LogP contribution in [0.5, 0.6) is 5.75 Å². The maximum atomic E-state index is 11.7. The maximum absolute atomic E-state index is 11.7. The molecule has 1 fully saturated rings. The van der Waals surface area contributed by atoms with E-state index in [1.54, 1.807) is 7.11 Å². The number of carbonyl (C=O) groups excluding carboxylic acids is 1. The minimum Gasteiger partial charge on any atom is -0.497 e. The predicted octanol–water partition coefficient (Wildman–Crippen LogP) is 2.05. The van der Waals surface area contributed by atoms with Gasteiger partial charge < -0.3 is 20.1 Å². The largest absolute Gasteiger partial charge is 0.497 e. The number of methoxy groups -OCH3 is 1. The summed E-state index contributed by atoms with van der Waals surface area (Å²) in [6.07, 6.45) is 2.11. The lowest BCUT2D eigenvalue weighted by Gasteiger charge is -2.31. The summed E-state index contributed by atoms with van der Waals surface area (Å²) in [5.41, 5.74) is 1.86. The summed E-state index contributed by atoms with van der Waals surface area (Å²) >= 11 is 0. The van der Waals surface area contributed by atoms with Crippen LogP contribution in [0.25, 0.3) is 0 Å². The molecular weight excluding hydrogens is 232 g/mol. The molecule has 96 valence electrons. The average molecular weight is 248 g/mol. The Balaban J connectivity index is 1.96. The lowest BCUT2D eigenvalue weighted by atomic mass is 9.96. The van der Waals surface area contributed by atoms with Crippen molar-refractivity contribution in [3.63, 3.8) is 0 Å². The molecule has 2 atom stereocenters. The van der Waals surface area contributed by atoms with Gasteiger partial charge in [-0.25, -0.2) is 4.79 Å². The van der Waals surface area contributed by atoms with Crippen LogP contribution in [0.15, 0.2) is 18.2 Å². The summed E-state index contributed by atoms with van der Waals surface area (Å²) < 4.78 is 10.9. The molecule has 2 amide bonds. The number of anilines is 1. The van der Waals surface area contributed by atoms with Crippen molar-refractivity contribution in [2.75, 3.05) is 19.0 Å². The van der Waals surface area contributed by atoms with Gasteiger partial charge >= 0.3 is 6.03 Å². The second-order valence-corrected chi connectivity index (χ2v) is 4.58. The van der Waals surface area contributed by atoms with E-state index in [9.17, 15) is 4.79 Å². The summed E-state index contributed by atoms with van der Waals surface area (Å²) in [4.78, 5) is 11.7. The molecular formula is C13H16N2O3. The molecule has 2 unspecified atom stereocenters. The van der Waals surface area contributed by atoms with Crippen molar-refractivity contribution in [1.29, 1.82) is 0 Å². The molecule has 0 spiro atoms. The number of amides is 2. The first kappa shape index (κ1) is 11.3. The minimum absolute atomic E-state index is 0.0674. The van der Waals surface area contributed by atoms with Crippen LogP contribution in [-0.2, 0) is 4.74 Å². The molecule has 1 aromatic rings. The monoisotopic (exact) mass is 248 g/mol. The maximum Gasteiger partial charge on any atom is 0.319 e. The Bertz CT molecular complexity index is 469. The van der Waals surface area contributed by atoms with Gasteiger partial charge in [0.25, 0.3) is 0 Å². The van der Waals surface area contributed by atoms with Crippen molar-refractivity contribution in [3.05, 3.63) is 23.8 Å². The summed E-state index contributed by atoms with van der Waals surface area (Å²) in [6.45, 7) is 0.774. The van der Waals surface area contributed by atoms with Crippen molar-refractivity contribution in [1.82, 2.24) is 5.32 Å². The van der Waals surface area contributed by atoms with E-state index in [0.717, 1.165) is 36.4 Å². The summed E-state index contributed by atoms with van der Waals surface area (Å²) in [5.74, 6) is 0.738. The van der Waals surface area contributed by atoms with E-state index in [1.165, 1.54) is 0 Å². The fourth-order valence-corrected chi connectivity index (χ4v) is 2.58. The molecule has 5 nitrogen and oxygen atoms in total. The van der Waals surface area contributed by atoms with Crippen LogP contribution >= 0.6 is 0 Å². The number of ether oxygens (including phenoxy) is 2. The molecule has 2 N–H and O–H groups in total. The smallest absolute Gasteiger partial charge is 0.319 e. The number of benzene rings is 1. The fraction of sp³-hybridized carbons (Fsp3) is 0.462. The second-order valence-electron chi connectivity index (χ2n) is 4.58. The second kappa shape index (κ2) is 4.49. The molecule has 2 heterocycles. The Morgan fingerprint density at radius 2 is 2.33 bits per heavy atom. The summed E-state index contributed by atoms with van der Waals surface area (Å²) in [7, 11) is 1.61. The minimum atomic E-state index is -0.184. The molecule has 0 radical (unpaired) electrons. The summed E-state index contributed by atoms with van der Waals surface area (Å²) in [6, 6.07) is 5.47. The van der Waals surface area contributed by atoms with Crippen molar-refractivity contribution < 1.29 is 14.3 Å². The van der Waals surface area contributed by atoms with Gasteiger partial charge in [0.2, 0.25) is 0 Å². The normalized spacial score (nSPS) is 26.2. The van der Waals surface area contributed by atoms with Crippen LogP contribution in [0.3, 0.4) is 0 Å². The van der Waals surface area contributed by atoms with Crippen LogP contribution in [-0.4, -0.2) is 25.9 Å². The lowest BCUT2D eigenvalue weighted by molar-refractivity contribution is 0.0809. The van der Waals surface area contributed by atoms with Crippen molar-refractivity contribution >= 4 is 11.7 Å². The molecule has 1 saturated heterocycles. The van der Waals surface area contributed by atoms with Gasteiger partial charge in [0, 0.05) is 18.2 Å². The van der Waals surface area contributed by atoms with Crippen LogP contribution in [0.1, 0.15) is 24.4 Å². The highest BCUT2D eigenvalue weighted by Gasteiger charge is 2.33. The van der Waals surface area contributed by atoms with Gasteiger partial charge in [-0.3, -0.25) is 0 Å². The first-order valence-corrected chi connectivity index (χ1v) is 6.15. The highest BCUT2D eigenvalue weighted by molar-refractivity contribution is 5.93. The fourth-order valence-electron chi connectivity index (χ4n) is 2.58. The number of nitrogens with one attached hydrogen (secondary N) is 2. The molecule has 3 rings (SSSR count). The quantitative estimate of drug-likeness (QED) is 0.842. The Labute approximate surface area is 105 Å². The highest BCUT2D eigenvalue weighted by atomic mass is 16.5. The molecule has 2 aliphatic rings. The number of fused-ring (bicyclic) bond motifs is 1. The van der Waals surface area contributed by atoms with E-state index < -0.39 is 0 Å². The van der Waals surface area contributed by atoms with E-state index >= 15 is 0 Å². The number of rotatable bonds is 2. The topological polar surface area (TPSA) is 59.6 Å². The first-order chi connectivity index (χ1) is 8.78. The van der Waals surface area contributed by atoms with E-state index in [2.05, 4.69) is 10.6 Å². The number of carbonyl (C=O) groups is 1. The van der Waals surface area contributed by atoms with Gasteiger partial charge in [-0.2, -0.15) is 0 Å². The van der Waals surface area contributed by atoms with E-state index in [4.69, 9.17) is 9.47 Å². The molecule has 0 aromatic heterocycles. The highest BCUT2D eigenvalue weighted by Crippen LogP contribution is 2.35. The van der Waals surface area contributed by atoms with Crippen LogP contribution in [0.2, 0.25) is 0 Å². The standard InChI is InChI=1S/C13H16N2O3/c1-17-8-4-5-9-10(7-8)14-13(16)15-12(9)11-3-2-6-18-11/h4-5,7,11-12H,2-3,6H2,1H3,(H2,14,15,16). The third kappa shape index (κ3) is 1.90. The number of hydrogen-bond acceptors (Lipinski definition) is 3. The Kier molecular flexibility index (Phi) is 2.83. The number of urea groups is 1. The predicted molar refractivity (Wildman–Crippen MR) is 66.9 cm³/mol. The zero-order chi connectivity index (χ0) is 12.5. The van der Waals surface area contributed by atoms with Crippen LogP contribution in [0.4, 0.5) is 10.5 Å². The van der Waals surface area contributed by atoms with Gasteiger partial charge in [-0.15, -0.1) is 0 Å². The van der Waals surface area contributed by atoms with Gasteiger partial charge in [-0.1, -0.05) is 6.07 Å². The van der Waals surface area contributed by atoms with Gasteiger partial charge in [0.05, 0.1) is 24.9 Å². The van der Waals surface area contributed by atoms with Crippen molar-refractivity contribution in [2.24, 2.45) is 0 Å². The molecule has 2 aliphatic heterocycles. The lowest BCUT2D eigenvalue weighted by Crippen LogP contribution is -2.42. The molecule has 0 aliphatic carbocycles. The third-order valence-corrected chi connectivity index (χ3v) is 3.47. The Hall–Kier alpha value is -1.75. The zero-order valence-corrected chi connectivity index (χ0v) is 10.2. The molecule has 18 heavy (non-hydrogen) atoms. The molecule has 0 bridgehead atoms. The van der Waals surface area contributed by atoms with E-state index in [0.29, 0.717) is 0 Å². The van der Waals surface area contributed by atoms with E-state index in [1.807, 2.05) is 18.2 Å². The zero-order valence-electron chi connectivity index (χ0n) is 10.2. The Morgan fingerprint density at radius 3 is 3.06 bits per heavy atom. The SMILES string of the molecule is COc1ccc2c(c1)NC(=O)NC2C1CCCO1. The third-order valence-electron chi connectivity index (χ3n) is 3.47. The molecule has 0 saturated carbocycles. The van der Waals surface area contributed by atoms with Crippen LogP contribution in [0, 0.1) is 0 Å². The van der Waals surface area contributed by atoms with Gasteiger partial charge in [0.1, 0.15) is 5.75 Å². The van der Waals surface area contributed by atoms with Crippen molar-refractivity contribution in [2.45, 2.75) is 25.0 Å². The molecule has 5 heteroatoms. The van der Waals surface area contributed by atoms with Gasteiger partial charge in [0.15, 0.2) is 0 Å².